The second kappa shape index (κ2) is 13.2. The lowest BCUT2D eigenvalue weighted by Crippen LogP contribution is -2.36. The topological polar surface area (TPSA) is 134 Å². The van der Waals surface area contributed by atoms with E-state index in [0.717, 1.165) is 24.0 Å². The maximum atomic E-state index is 13.1. The van der Waals surface area contributed by atoms with Gasteiger partial charge in [0.1, 0.15) is 11.6 Å². The summed E-state index contributed by atoms with van der Waals surface area (Å²) >= 11 is 0. The third-order valence-corrected chi connectivity index (χ3v) is 7.10. The predicted octanol–water partition coefficient (Wildman–Crippen LogP) is 4.95. The predicted molar refractivity (Wildman–Crippen MR) is 170 cm³/mol. The van der Waals surface area contributed by atoms with E-state index in [9.17, 15) is 14.7 Å². The number of anilines is 4. The number of nitrogens with one attached hydrogen (secondary N) is 3. The molecule has 0 spiro atoms. The molecule has 44 heavy (non-hydrogen) atoms. The second-order valence-corrected chi connectivity index (χ2v) is 10.2. The molecule has 4 N–H and O–H groups in total. The van der Waals surface area contributed by atoms with Crippen molar-refractivity contribution in [2.24, 2.45) is 0 Å². The lowest BCUT2D eigenvalue weighted by Gasteiger charge is -2.25. The standard InChI is InChI=1S/C33H31N7O4/c41-29-10-3-9-28-27(29)13-16-40(28)30-12-14-34-33(38-30)37-26-8-2-7-25(22-26)36-32(43)23-5-1-6-24(21-23)35-31(42)11-4-15-39-17-19-44-20-18-39/h1-14,16,21-22,41H,15,17-20H2,(H,35,42)(H,36,43)(H,34,37,38)/b11-4+. The Labute approximate surface area is 253 Å². The van der Waals surface area contributed by atoms with Crippen molar-refractivity contribution in [1.29, 1.82) is 0 Å². The normalized spacial score (nSPS) is 13.6. The first kappa shape index (κ1) is 28.6. The molecule has 0 radical (unpaired) electrons. The number of amides is 2. The number of morpholine rings is 1. The number of aromatic hydroxyl groups is 1. The number of aromatic nitrogens is 3. The Balaban J connectivity index is 1.08. The van der Waals surface area contributed by atoms with Gasteiger partial charge in [0.05, 0.1) is 18.7 Å². The number of benzene rings is 3. The van der Waals surface area contributed by atoms with Crippen molar-refractivity contribution in [3.63, 3.8) is 0 Å². The molecule has 0 unspecified atom stereocenters. The van der Waals surface area contributed by atoms with E-state index in [0.29, 0.717) is 54.2 Å². The molecule has 3 aromatic carbocycles. The van der Waals surface area contributed by atoms with E-state index < -0.39 is 0 Å². The van der Waals surface area contributed by atoms with E-state index in [1.54, 1.807) is 60.8 Å². The van der Waals surface area contributed by atoms with Gasteiger partial charge in [0.25, 0.3) is 5.91 Å². The molecule has 0 atom stereocenters. The van der Waals surface area contributed by atoms with Crippen LogP contribution in [0.25, 0.3) is 16.7 Å². The van der Waals surface area contributed by atoms with E-state index in [-0.39, 0.29) is 17.6 Å². The number of hydrogen-bond acceptors (Lipinski definition) is 8. The molecule has 1 saturated heterocycles. The summed E-state index contributed by atoms with van der Waals surface area (Å²) in [6.45, 7) is 3.79. The molecule has 11 nitrogen and oxygen atoms in total. The fraction of sp³-hybridized carbons (Fsp3) is 0.152. The van der Waals surface area contributed by atoms with Gasteiger partial charge in [-0.2, -0.15) is 4.98 Å². The number of carbonyl (C=O) groups excluding carboxylic acids is 2. The van der Waals surface area contributed by atoms with Gasteiger partial charge in [-0.25, -0.2) is 4.98 Å². The molecule has 0 saturated carbocycles. The summed E-state index contributed by atoms with van der Waals surface area (Å²) in [5.41, 5.74) is 3.00. The summed E-state index contributed by atoms with van der Waals surface area (Å²) in [7, 11) is 0. The summed E-state index contributed by atoms with van der Waals surface area (Å²) in [5.74, 6) is 0.630. The van der Waals surface area contributed by atoms with Gasteiger partial charge in [-0.1, -0.05) is 24.3 Å². The van der Waals surface area contributed by atoms with Crippen molar-refractivity contribution in [3.8, 4) is 11.6 Å². The Hall–Kier alpha value is -5.52. The molecule has 6 rings (SSSR count). The van der Waals surface area contributed by atoms with Gasteiger partial charge in [-0.15, -0.1) is 0 Å². The van der Waals surface area contributed by atoms with Gasteiger partial charge in [0.2, 0.25) is 11.9 Å². The zero-order valence-corrected chi connectivity index (χ0v) is 23.8. The van der Waals surface area contributed by atoms with Gasteiger partial charge < -0.3 is 30.4 Å². The minimum absolute atomic E-state index is 0.205. The van der Waals surface area contributed by atoms with Crippen LogP contribution in [0.3, 0.4) is 0 Å². The van der Waals surface area contributed by atoms with Gasteiger partial charge >= 0.3 is 0 Å². The fourth-order valence-corrected chi connectivity index (χ4v) is 4.92. The molecule has 3 heterocycles. The third-order valence-electron chi connectivity index (χ3n) is 7.10. The van der Waals surface area contributed by atoms with E-state index in [2.05, 4.69) is 30.8 Å². The van der Waals surface area contributed by atoms with Crippen LogP contribution in [0.2, 0.25) is 0 Å². The van der Waals surface area contributed by atoms with Crippen LogP contribution in [-0.4, -0.2) is 69.2 Å². The highest BCUT2D eigenvalue weighted by Crippen LogP contribution is 2.27. The van der Waals surface area contributed by atoms with Crippen LogP contribution in [0.4, 0.5) is 23.0 Å². The Bertz CT molecular complexity index is 1830. The van der Waals surface area contributed by atoms with Crippen molar-refractivity contribution < 1.29 is 19.4 Å². The molecular weight excluding hydrogens is 558 g/mol. The molecule has 2 amide bonds. The van der Waals surface area contributed by atoms with Crippen LogP contribution in [0, 0.1) is 0 Å². The van der Waals surface area contributed by atoms with Crippen molar-refractivity contribution in [2.45, 2.75) is 0 Å². The largest absolute Gasteiger partial charge is 0.507 e. The van der Waals surface area contributed by atoms with Crippen molar-refractivity contribution in [3.05, 3.63) is 109 Å². The van der Waals surface area contributed by atoms with E-state index >= 15 is 0 Å². The highest BCUT2D eigenvalue weighted by atomic mass is 16.5. The highest BCUT2D eigenvalue weighted by Gasteiger charge is 2.12. The monoisotopic (exact) mass is 589 g/mol. The average molecular weight is 590 g/mol. The Morgan fingerprint density at radius 1 is 0.909 bits per heavy atom. The number of hydrogen-bond donors (Lipinski definition) is 4. The minimum atomic E-state index is -0.318. The summed E-state index contributed by atoms with van der Waals surface area (Å²) in [6.07, 6.45) is 6.83. The first-order valence-corrected chi connectivity index (χ1v) is 14.2. The van der Waals surface area contributed by atoms with Crippen LogP contribution < -0.4 is 16.0 Å². The van der Waals surface area contributed by atoms with Crippen molar-refractivity contribution >= 4 is 45.7 Å². The molecular formula is C33H31N7O4. The smallest absolute Gasteiger partial charge is 0.255 e. The number of rotatable bonds is 9. The number of carbonyl (C=O) groups is 2. The second-order valence-electron chi connectivity index (χ2n) is 10.2. The molecule has 0 aliphatic carbocycles. The molecule has 222 valence electrons. The Morgan fingerprint density at radius 2 is 1.68 bits per heavy atom. The molecule has 11 heteroatoms. The SMILES string of the molecule is O=C(/C=C/CN1CCOCC1)Nc1cccc(C(=O)Nc2cccc(Nc3nccc(-n4ccc5c(O)cccc54)n3)c2)c1. The summed E-state index contributed by atoms with van der Waals surface area (Å²) in [5, 5.41) is 19.8. The molecule has 0 bridgehead atoms. The van der Waals surface area contributed by atoms with E-state index in [1.807, 2.05) is 41.1 Å². The van der Waals surface area contributed by atoms with E-state index in [4.69, 9.17) is 4.74 Å². The number of ether oxygens (including phenoxy) is 1. The van der Waals surface area contributed by atoms with Crippen LogP contribution >= 0.6 is 0 Å². The quantitative estimate of drug-likeness (QED) is 0.178. The molecule has 2 aromatic heterocycles. The maximum Gasteiger partial charge on any atom is 0.255 e. The maximum absolute atomic E-state index is 13.1. The molecule has 1 aliphatic rings. The van der Waals surface area contributed by atoms with Crippen LogP contribution in [0.15, 0.2) is 103 Å². The molecule has 1 fully saturated rings. The van der Waals surface area contributed by atoms with Gasteiger partial charge in [0, 0.05) is 66.1 Å². The lowest BCUT2D eigenvalue weighted by molar-refractivity contribution is -0.111. The first-order chi connectivity index (χ1) is 21.5. The Kier molecular flexibility index (Phi) is 8.58. The summed E-state index contributed by atoms with van der Waals surface area (Å²) in [6, 6.07) is 22.9. The van der Waals surface area contributed by atoms with Crippen molar-refractivity contribution in [2.75, 3.05) is 48.8 Å². The van der Waals surface area contributed by atoms with Crippen LogP contribution in [0.5, 0.6) is 5.75 Å². The molecule has 1 aliphatic heterocycles. The number of phenols is 1. The molecule has 5 aromatic rings. The summed E-state index contributed by atoms with van der Waals surface area (Å²) in [4.78, 5) is 36.6. The third kappa shape index (κ3) is 6.92. The zero-order valence-electron chi connectivity index (χ0n) is 23.8. The van der Waals surface area contributed by atoms with Gasteiger partial charge in [-0.3, -0.25) is 14.5 Å². The van der Waals surface area contributed by atoms with Gasteiger partial charge in [-0.05, 0) is 60.7 Å². The number of fused-ring (bicyclic) bond motifs is 1. The van der Waals surface area contributed by atoms with Gasteiger partial charge in [0.15, 0.2) is 0 Å². The van der Waals surface area contributed by atoms with Crippen LogP contribution in [0.1, 0.15) is 10.4 Å². The Morgan fingerprint density at radius 3 is 2.55 bits per heavy atom. The minimum Gasteiger partial charge on any atom is -0.507 e. The van der Waals surface area contributed by atoms with Crippen molar-refractivity contribution in [1.82, 2.24) is 19.4 Å². The lowest BCUT2D eigenvalue weighted by atomic mass is 10.1. The highest BCUT2D eigenvalue weighted by molar-refractivity contribution is 6.06. The first-order valence-electron chi connectivity index (χ1n) is 14.2. The number of phenolic OH excluding ortho intramolecular Hbond substituents is 1. The summed E-state index contributed by atoms with van der Waals surface area (Å²) < 4.78 is 7.21. The zero-order chi connectivity index (χ0) is 30.3. The average Bonchev–Trinajstić information content (AvgIpc) is 3.48. The number of nitrogens with zero attached hydrogens (tertiary/aromatic N) is 4. The van der Waals surface area contributed by atoms with E-state index in [1.165, 1.54) is 6.08 Å². The fourth-order valence-electron chi connectivity index (χ4n) is 4.92. The van der Waals surface area contributed by atoms with Crippen LogP contribution in [-0.2, 0) is 9.53 Å².